The summed E-state index contributed by atoms with van der Waals surface area (Å²) in [5.74, 6) is 0.773. The molecule has 0 N–H and O–H groups in total. The van der Waals surface area contributed by atoms with E-state index in [-0.39, 0.29) is 29.6 Å². The van der Waals surface area contributed by atoms with Crippen LogP contribution in [-0.2, 0) is 12.6 Å². The molecule has 0 aromatic rings. The van der Waals surface area contributed by atoms with Gasteiger partial charge in [-0.15, -0.1) is 0 Å². The number of hydrogen-bond acceptors (Lipinski definition) is 2. The summed E-state index contributed by atoms with van der Waals surface area (Å²) < 4.78 is 0.645. The van der Waals surface area contributed by atoms with Crippen LogP contribution in [0.15, 0.2) is 0 Å². The quantitative estimate of drug-likeness (QED) is 0.266. The molecule has 0 aliphatic carbocycles. The number of nitrogens with zero attached hydrogens (tertiary/aromatic N) is 1. The molecule has 1 aliphatic rings. The minimum Gasteiger partial charge on any atom is -0.411 e. The Morgan fingerprint density at radius 3 is 2.64 bits per heavy atom. The van der Waals surface area contributed by atoms with Crippen LogP contribution in [0.3, 0.4) is 0 Å². The van der Waals surface area contributed by atoms with E-state index >= 15 is 0 Å². The van der Waals surface area contributed by atoms with Crippen molar-refractivity contribution in [1.29, 1.82) is 0 Å². The fraction of sp³-hybridized carbons (Fsp3) is 0.857. The third-order valence-corrected chi connectivity index (χ3v) is 2.43. The number of piperidine rings is 1. The summed E-state index contributed by atoms with van der Waals surface area (Å²) in [6, 6.07) is 0. The topological polar surface area (TPSA) is 3.24 Å². The van der Waals surface area contributed by atoms with Crippen LogP contribution in [0.4, 0.5) is 0 Å². The van der Waals surface area contributed by atoms with Crippen molar-refractivity contribution >= 4 is 29.2 Å². The number of thiocarbonyl (C=S) groups is 1. The summed E-state index contributed by atoms with van der Waals surface area (Å²) in [5, 5.41) is 0. The molecule has 4 heteroatoms. The Balaban J connectivity index is 0.000001000. The molecule has 0 aromatic heterocycles. The van der Waals surface area contributed by atoms with Gasteiger partial charge in [-0.25, -0.2) is 0 Å². The molecule has 1 rings (SSSR count). The van der Waals surface area contributed by atoms with E-state index in [1.165, 1.54) is 12.8 Å². The van der Waals surface area contributed by atoms with Gasteiger partial charge in [0.05, 0.1) is 0 Å². The molecule has 0 aromatic carbocycles. The van der Waals surface area contributed by atoms with Crippen molar-refractivity contribution in [2.45, 2.75) is 19.8 Å². The van der Waals surface area contributed by atoms with Gasteiger partial charge >= 0.3 is 29.6 Å². The number of rotatable bonds is 0. The van der Waals surface area contributed by atoms with Crippen LogP contribution < -0.4 is 29.6 Å². The van der Waals surface area contributed by atoms with Gasteiger partial charge in [0.15, 0.2) is 0 Å². The minimum absolute atomic E-state index is 0. The van der Waals surface area contributed by atoms with Crippen LogP contribution in [0.2, 0.25) is 0 Å². The molecule has 1 heterocycles. The van der Waals surface area contributed by atoms with Gasteiger partial charge in [-0.1, -0.05) is 11.2 Å². The predicted octanol–water partition coefficient (Wildman–Crippen LogP) is -1.45. The van der Waals surface area contributed by atoms with Gasteiger partial charge in [-0.3, -0.25) is 0 Å². The monoisotopic (exact) mass is 197 g/mol. The second-order valence-electron chi connectivity index (χ2n) is 2.96. The third-order valence-electron chi connectivity index (χ3n) is 1.92. The summed E-state index contributed by atoms with van der Waals surface area (Å²) in [7, 11) is 0. The summed E-state index contributed by atoms with van der Waals surface area (Å²) >= 11 is 9.82. The summed E-state index contributed by atoms with van der Waals surface area (Å²) in [6.07, 6.45) is 2.58. The fourth-order valence-electron chi connectivity index (χ4n) is 1.36. The fourth-order valence-corrected chi connectivity index (χ4v) is 1.69. The molecule has 0 amide bonds. The average molecular weight is 197 g/mol. The van der Waals surface area contributed by atoms with Gasteiger partial charge in [0.2, 0.25) is 0 Å². The molecule has 1 aliphatic heterocycles. The summed E-state index contributed by atoms with van der Waals surface area (Å²) in [5.41, 5.74) is 0. The SMILES string of the molecule is CC1CCCN(C(=S)[S-])C1.[Na+]. The van der Waals surface area contributed by atoms with E-state index in [0.717, 1.165) is 19.0 Å². The smallest absolute Gasteiger partial charge is 0.411 e. The van der Waals surface area contributed by atoms with Crippen LogP contribution in [0.1, 0.15) is 19.8 Å². The first kappa shape index (κ1) is 12.1. The van der Waals surface area contributed by atoms with Gasteiger partial charge in [0, 0.05) is 13.1 Å². The normalized spacial score (nSPS) is 24.1. The Bertz CT molecular complexity index is 140. The van der Waals surface area contributed by atoms with Crippen LogP contribution in [-0.4, -0.2) is 22.3 Å². The third kappa shape index (κ3) is 4.04. The Kier molecular flexibility index (Phi) is 6.28. The molecule has 0 spiro atoms. The molecular weight excluding hydrogens is 185 g/mol. The van der Waals surface area contributed by atoms with Gasteiger partial charge in [-0.2, -0.15) is 0 Å². The van der Waals surface area contributed by atoms with E-state index in [9.17, 15) is 0 Å². The van der Waals surface area contributed by atoms with E-state index in [4.69, 9.17) is 24.8 Å². The first-order valence-corrected chi connectivity index (χ1v) is 4.47. The molecule has 0 radical (unpaired) electrons. The van der Waals surface area contributed by atoms with E-state index in [0.29, 0.717) is 4.32 Å². The standard InChI is InChI=1S/C7H13NS2.Na/c1-6-3-2-4-8(5-6)7(9)10;/h6H,2-5H2,1H3,(H,9,10);/q;+1/p-1. The minimum atomic E-state index is 0. The Labute approximate surface area is 102 Å². The Hall–Kier alpha value is 1.11. The first-order chi connectivity index (χ1) is 4.70. The molecule has 0 saturated carbocycles. The Morgan fingerprint density at radius 1 is 1.64 bits per heavy atom. The zero-order valence-electron chi connectivity index (χ0n) is 7.17. The van der Waals surface area contributed by atoms with Crippen molar-refractivity contribution in [1.82, 2.24) is 4.90 Å². The van der Waals surface area contributed by atoms with Gasteiger partial charge in [0.25, 0.3) is 0 Å². The maximum Gasteiger partial charge on any atom is 1.00 e. The molecule has 1 atom stereocenters. The van der Waals surface area contributed by atoms with E-state index in [2.05, 4.69) is 11.8 Å². The van der Waals surface area contributed by atoms with Crippen molar-refractivity contribution in [2.75, 3.05) is 13.1 Å². The van der Waals surface area contributed by atoms with E-state index in [1.807, 2.05) is 0 Å². The molecule has 11 heavy (non-hydrogen) atoms. The number of likely N-dealkylation sites (tertiary alicyclic amines) is 1. The Morgan fingerprint density at radius 2 is 2.27 bits per heavy atom. The van der Waals surface area contributed by atoms with Crippen molar-refractivity contribution in [3.05, 3.63) is 0 Å². The summed E-state index contributed by atoms with van der Waals surface area (Å²) in [6.45, 7) is 4.40. The molecular formula is C7H12NNaS2. The zero-order valence-corrected chi connectivity index (χ0v) is 10.8. The van der Waals surface area contributed by atoms with Crippen molar-refractivity contribution < 1.29 is 29.6 Å². The van der Waals surface area contributed by atoms with Crippen LogP contribution >= 0.6 is 12.2 Å². The first-order valence-electron chi connectivity index (χ1n) is 3.66. The second kappa shape index (κ2) is 5.70. The van der Waals surface area contributed by atoms with Gasteiger partial charge < -0.3 is 29.7 Å². The molecule has 1 nitrogen and oxygen atoms in total. The molecule has 1 saturated heterocycles. The van der Waals surface area contributed by atoms with E-state index in [1.54, 1.807) is 0 Å². The largest absolute Gasteiger partial charge is 1.00 e. The van der Waals surface area contributed by atoms with Gasteiger partial charge in [0.1, 0.15) is 0 Å². The second-order valence-corrected chi connectivity index (χ2v) is 3.99. The maximum absolute atomic E-state index is 4.91. The summed E-state index contributed by atoms with van der Waals surface area (Å²) in [4.78, 5) is 2.12. The number of hydrogen-bond donors (Lipinski definition) is 0. The zero-order chi connectivity index (χ0) is 7.56. The average Bonchev–Trinajstić information content (AvgIpc) is 1.88. The predicted molar refractivity (Wildman–Crippen MR) is 49.9 cm³/mol. The van der Waals surface area contributed by atoms with Crippen LogP contribution in [0, 0.1) is 5.92 Å². The van der Waals surface area contributed by atoms with Crippen LogP contribution in [0.25, 0.3) is 0 Å². The molecule has 1 unspecified atom stereocenters. The van der Waals surface area contributed by atoms with Crippen molar-refractivity contribution in [3.8, 4) is 0 Å². The van der Waals surface area contributed by atoms with Crippen LogP contribution in [0.5, 0.6) is 0 Å². The molecule has 1 fully saturated rings. The maximum atomic E-state index is 4.91. The van der Waals surface area contributed by atoms with Crippen molar-refractivity contribution in [2.24, 2.45) is 5.92 Å². The molecule has 58 valence electrons. The van der Waals surface area contributed by atoms with Crippen molar-refractivity contribution in [3.63, 3.8) is 0 Å². The molecule has 0 bridgehead atoms. The van der Waals surface area contributed by atoms with E-state index < -0.39 is 0 Å². The van der Waals surface area contributed by atoms with Gasteiger partial charge in [-0.05, 0) is 18.8 Å².